The number of fused-ring (bicyclic) bond motifs is 2. The van der Waals surface area contributed by atoms with Gasteiger partial charge in [-0.25, -0.2) is 4.79 Å². The van der Waals surface area contributed by atoms with Gasteiger partial charge < -0.3 is 9.64 Å². The molecular weight excluding hydrogens is 386 g/mol. The lowest BCUT2D eigenvalue weighted by molar-refractivity contribution is 0.00454. The van der Waals surface area contributed by atoms with E-state index in [0.29, 0.717) is 16.8 Å². The Morgan fingerprint density at radius 3 is 2.58 bits per heavy atom. The van der Waals surface area contributed by atoms with Crippen molar-refractivity contribution in [2.75, 3.05) is 23.9 Å². The van der Waals surface area contributed by atoms with E-state index >= 15 is 0 Å². The summed E-state index contributed by atoms with van der Waals surface area (Å²) in [6.07, 6.45) is 2.16. The molecule has 3 aromatic carbocycles. The van der Waals surface area contributed by atoms with Gasteiger partial charge in [0.1, 0.15) is 6.04 Å². The van der Waals surface area contributed by atoms with Crippen molar-refractivity contribution in [1.29, 1.82) is 5.26 Å². The SMILES string of the molecule is C=C(c1ccccc1N(C)C#N)C1(C2c3ccccc3N2C)OC(=O)c2ccccc21. The lowest BCUT2D eigenvalue weighted by atomic mass is 9.70. The zero-order valence-electron chi connectivity index (χ0n) is 17.4. The second-order valence-corrected chi connectivity index (χ2v) is 7.90. The molecule has 0 aliphatic carbocycles. The fraction of sp³-hybridized carbons (Fsp3) is 0.154. The molecule has 2 aliphatic heterocycles. The number of rotatable bonds is 4. The predicted molar refractivity (Wildman–Crippen MR) is 121 cm³/mol. The topological polar surface area (TPSA) is 56.6 Å². The Morgan fingerprint density at radius 2 is 1.77 bits per heavy atom. The fourth-order valence-electron chi connectivity index (χ4n) is 4.92. The van der Waals surface area contributed by atoms with Crippen LogP contribution in [0.1, 0.15) is 33.1 Å². The fourth-order valence-corrected chi connectivity index (χ4v) is 4.92. The molecule has 0 N–H and O–H groups in total. The first-order valence-corrected chi connectivity index (χ1v) is 10.1. The van der Waals surface area contributed by atoms with Gasteiger partial charge in [-0.2, -0.15) is 5.26 Å². The van der Waals surface area contributed by atoms with Gasteiger partial charge in [0.05, 0.1) is 11.3 Å². The molecule has 2 atom stereocenters. The molecule has 0 fully saturated rings. The van der Waals surface area contributed by atoms with Crippen LogP contribution < -0.4 is 9.80 Å². The first kappa shape index (κ1) is 19.0. The summed E-state index contributed by atoms with van der Waals surface area (Å²) < 4.78 is 6.25. The summed E-state index contributed by atoms with van der Waals surface area (Å²) in [5.41, 5.74) is 4.57. The highest BCUT2D eigenvalue weighted by molar-refractivity contribution is 6.00. The smallest absolute Gasteiger partial charge is 0.339 e. The van der Waals surface area contributed by atoms with Crippen LogP contribution in [0.3, 0.4) is 0 Å². The van der Waals surface area contributed by atoms with E-state index in [1.54, 1.807) is 13.1 Å². The van der Waals surface area contributed by atoms with Gasteiger partial charge in [-0.15, -0.1) is 0 Å². The largest absolute Gasteiger partial charge is 0.443 e. The van der Waals surface area contributed by atoms with Gasteiger partial charge in [-0.3, -0.25) is 4.90 Å². The lowest BCUT2D eigenvalue weighted by Crippen LogP contribution is -2.49. The van der Waals surface area contributed by atoms with E-state index in [2.05, 4.69) is 29.8 Å². The first-order chi connectivity index (χ1) is 15.0. The molecule has 31 heavy (non-hydrogen) atoms. The summed E-state index contributed by atoms with van der Waals surface area (Å²) in [5.74, 6) is -0.361. The monoisotopic (exact) mass is 407 g/mol. The molecule has 5 heteroatoms. The van der Waals surface area contributed by atoms with Crippen LogP contribution in [0.4, 0.5) is 11.4 Å². The molecule has 2 aliphatic rings. The second-order valence-electron chi connectivity index (χ2n) is 7.90. The minimum absolute atomic E-state index is 0.232. The molecule has 3 aromatic rings. The van der Waals surface area contributed by atoms with E-state index < -0.39 is 5.60 Å². The third kappa shape index (κ3) is 2.45. The Bertz CT molecular complexity index is 1280. The number of nitrogens with zero attached hydrogens (tertiary/aromatic N) is 3. The van der Waals surface area contributed by atoms with Crippen LogP contribution in [-0.2, 0) is 10.3 Å². The summed E-state index contributed by atoms with van der Waals surface area (Å²) in [6, 6.07) is 23.0. The Hall–Kier alpha value is -4.04. The molecule has 5 nitrogen and oxygen atoms in total. The Morgan fingerprint density at radius 1 is 1.10 bits per heavy atom. The van der Waals surface area contributed by atoms with Crippen LogP contribution in [0.25, 0.3) is 5.57 Å². The van der Waals surface area contributed by atoms with Crippen molar-refractivity contribution in [2.24, 2.45) is 0 Å². The van der Waals surface area contributed by atoms with Gasteiger partial charge >= 0.3 is 5.97 Å². The molecule has 0 saturated heterocycles. The van der Waals surface area contributed by atoms with Gasteiger partial charge in [0.2, 0.25) is 0 Å². The quantitative estimate of drug-likeness (QED) is 0.351. The Kier molecular flexibility index (Phi) is 4.13. The van der Waals surface area contributed by atoms with Crippen LogP contribution in [0.5, 0.6) is 0 Å². The van der Waals surface area contributed by atoms with Crippen molar-refractivity contribution in [1.82, 2.24) is 0 Å². The maximum Gasteiger partial charge on any atom is 0.339 e. The number of hydrogen-bond acceptors (Lipinski definition) is 5. The van der Waals surface area contributed by atoms with Crippen molar-refractivity contribution >= 4 is 22.9 Å². The van der Waals surface area contributed by atoms with Crippen LogP contribution in [0, 0.1) is 11.5 Å². The maximum absolute atomic E-state index is 13.0. The molecular formula is C26H21N3O2. The lowest BCUT2D eigenvalue weighted by Gasteiger charge is -2.51. The zero-order valence-corrected chi connectivity index (χ0v) is 17.4. The number of cyclic esters (lactones) is 1. The molecule has 2 unspecified atom stereocenters. The van der Waals surface area contributed by atoms with Gasteiger partial charge in [-0.1, -0.05) is 61.2 Å². The summed E-state index contributed by atoms with van der Waals surface area (Å²) in [6.45, 7) is 4.46. The molecule has 0 bridgehead atoms. The van der Waals surface area contributed by atoms with Crippen molar-refractivity contribution in [2.45, 2.75) is 11.6 Å². The third-order valence-electron chi connectivity index (χ3n) is 6.37. The van der Waals surface area contributed by atoms with Crippen LogP contribution in [0.2, 0.25) is 0 Å². The summed E-state index contributed by atoms with van der Waals surface area (Å²) in [5, 5.41) is 9.52. The molecule has 2 heterocycles. The minimum atomic E-state index is -1.11. The first-order valence-electron chi connectivity index (χ1n) is 10.1. The van der Waals surface area contributed by atoms with Crippen molar-refractivity contribution < 1.29 is 9.53 Å². The molecule has 0 amide bonds. The Balaban J connectivity index is 1.77. The standard InChI is InChI=1S/C26H21N3O2/c1-17(18-10-5-8-14-22(18)28(2)16-27)26(21-13-7-4-11-19(21)25(30)31-26)24-20-12-6-9-15-23(20)29(24)3/h4-15,24H,1H2,2-3H3. The maximum atomic E-state index is 13.0. The number of nitriles is 1. The van der Waals surface area contributed by atoms with E-state index in [1.807, 2.05) is 61.6 Å². The van der Waals surface area contributed by atoms with Gasteiger partial charge in [-0.05, 0) is 18.2 Å². The molecule has 0 saturated carbocycles. The number of hydrogen-bond donors (Lipinski definition) is 0. The van der Waals surface area contributed by atoms with E-state index in [9.17, 15) is 10.1 Å². The van der Waals surface area contributed by atoms with Crippen LogP contribution >= 0.6 is 0 Å². The summed E-state index contributed by atoms with van der Waals surface area (Å²) in [7, 11) is 3.71. The van der Waals surface area contributed by atoms with E-state index in [1.165, 1.54) is 4.90 Å². The molecule has 0 spiro atoms. The summed E-state index contributed by atoms with van der Waals surface area (Å²) >= 11 is 0. The van der Waals surface area contributed by atoms with Gasteiger partial charge in [0, 0.05) is 42.0 Å². The van der Waals surface area contributed by atoms with E-state index in [0.717, 1.165) is 22.4 Å². The van der Waals surface area contributed by atoms with Crippen molar-refractivity contribution in [3.8, 4) is 6.19 Å². The average molecular weight is 407 g/mol. The highest BCUT2D eigenvalue weighted by Crippen LogP contribution is 2.61. The molecule has 152 valence electrons. The number of anilines is 2. The van der Waals surface area contributed by atoms with Gasteiger partial charge in [0.15, 0.2) is 11.8 Å². The molecule has 0 radical (unpaired) electrons. The second kappa shape index (κ2) is 6.75. The minimum Gasteiger partial charge on any atom is -0.443 e. The molecule has 5 rings (SSSR count). The normalized spacial score (nSPS) is 20.7. The number of para-hydroxylation sites is 2. The average Bonchev–Trinajstić information content (AvgIpc) is 3.10. The van der Waals surface area contributed by atoms with Crippen molar-refractivity contribution in [3.05, 3.63) is 102 Å². The number of ether oxygens (including phenoxy) is 1. The zero-order chi connectivity index (χ0) is 21.8. The number of benzene rings is 3. The van der Waals surface area contributed by atoms with Crippen LogP contribution in [0.15, 0.2) is 79.4 Å². The number of esters is 1. The molecule has 0 aromatic heterocycles. The number of likely N-dealkylation sites (N-methyl/N-ethyl adjacent to an activating group) is 1. The highest BCUT2D eigenvalue weighted by atomic mass is 16.6. The van der Waals surface area contributed by atoms with E-state index in [4.69, 9.17) is 4.74 Å². The third-order valence-corrected chi connectivity index (χ3v) is 6.37. The number of carbonyl (C=O) groups is 1. The summed E-state index contributed by atoms with van der Waals surface area (Å²) in [4.78, 5) is 16.6. The van der Waals surface area contributed by atoms with Crippen molar-refractivity contribution in [3.63, 3.8) is 0 Å². The highest BCUT2D eigenvalue weighted by Gasteiger charge is 2.59. The van der Waals surface area contributed by atoms with Gasteiger partial charge in [0.25, 0.3) is 0 Å². The number of carbonyl (C=O) groups excluding carboxylic acids is 1. The predicted octanol–water partition coefficient (Wildman–Crippen LogP) is 4.87. The Labute approximate surface area is 181 Å². The van der Waals surface area contributed by atoms with E-state index in [-0.39, 0.29) is 12.0 Å². The van der Waals surface area contributed by atoms with Crippen LogP contribution in [-0.4, -0.2) is 20.1 Å².